The molecule has 0 unspecified atom stereocenters. The van der Waals surface area contributed by atoms with Crippen molar-refractivity contribution in [1.82, 2.24) is 4.98 Å². The van der Waals surface area contributed by atoms with Crippen molar-refractivity contribution in [3.05, 3.63) is 81.6 Å². The zero-order valence-corrected chi connectivity index (χ0v) is 20.5. The first-order valence-electron chi connectivity index (χ1n) is 9.63. The van der Waals surface area contributed by atoms with Crippen LogP contribution in [0.2, 0.25) is 10.0 Å². The van der Waals surface area contributed by atoms with Gasteiger partial charge in [0.1, 0.15) is 18.2 Å². The standard InChI is InChI=1S/C22H17Cl2F3N2O5S/c1-33-12-29(35(31,32)14-7-8-17(24)16(10-14)22(25,26)27)18-9-13(23)11-28-20(18)21(30)15-5-3-4-6-19(15)34-2/h3-11H,12H2,1-2H3. The maximum absolute atomic E-state index is 13.5. The van der Waals surface area contributed by atoms with Crippen molar-refractivity contribution < 1.29 is 35.9 Å². The summed E-state index contributed by atoms with van der Waals surface area (Å²) in [7, 11) is -2.20. The third-order valence-electron chi connectivity index (χ3n) is 4.75. The Morgan fingerprint density at radius 1 is 1.09 bits per heavy atom. The molecule has 0 amide bonds. The van der Waals surface area contributed by atoms with Crippen LogP contribution in [0.5, 0.6) is 5.75 Å². The summed E-state index contributed by atoms with van der Waals surface area (Å²) in [6.07, 6.45) is -3.77. The van der Waals surface area contributed by atoms with E-state index in [-0.39, 0.29) is 27.7 Å². The molecule has 0 aliphatic carbocycles. The summed E-state index contributed by atoms with van der Waals surface area (Å²) in [6, 6.07) is 9.46. The number of alkyl halides is 3. The van der Waals surface area contributed by atoms with E-state index in [0.29, 0.717) is 10.4 Å². The molecule has 0 radical (unpaired) electrons. The molecule has 0 N–H and O–H groups in total. The van der Waals surface area contributed by atoms with Crippen LogP contribution >= 0.6 is 23.2 Å². The summed E-state index contributed by atoms with van der Waals surface area (Å²) in [5.41, 5.74) is -1.91. The van der Waals surface area contributed by atoms with Crippen LogP contribution in [0.3, 0.4) is 0 Å². The fourth-order valence-electron chi connectivity index (χ4n) is 3.15. The number of nitrogens with zero attached hydrogens (tertiary/aromatic N) is 2. The first-order chi connectivity index (χ1) is 16.4. The summed E-state index contributed by atoms with van der Waals surface area (Å²) in [6.45, 7) is -0.666. The van der Waals surface area contributed by atoms with Crippen molar-refractivity contribution in [1.29, 1.82) is 0 Å². The van der Waals surface area contributed by atoms with E-state index >= 15 is 0 Å². The van der Waals surface area contributed by atoms with Crippen molar-refractivity contribution in [3.8, 4) is 5.75 Å². The highest BCUT2D eigenvalue weighted by atomic mass is 35.5. The van der Waals surface area contributed by atoms with Gasteiger partial charge in [-0.2, -0.15) is 13.2 Å². The maximum Gasteiger partial charge on any atom is 0.417 e. The van der Waals surface area contributed by atoms with Gasteiger partial charge in [-0.05, 0) is 36.4 Å². The number of hydrogen-bond acceptors (Lipinski definition) is 6. The second-order valence-corrected chi connectivity index (χ2v) is 9.67. The number of aromatic nitrogens is 1. The lowest BCUT2D eigenvalue weighted by Gasteiger charge is -2.25. The van der Waals surface area contributed by atoms with E-state index in [1.165, 1.54) is 26.4 Å². The Morgan fingerprint density at radius 2 is 1.77 bits per heavy atom. The molecular weight excluding hydrogens is 532 g/mol. The van der Waals surface area contributed by atoms with Gasteiger partial charge in [0.05, 0.1) is 38.9 Å². The average molecular weight is 549 g/mol. The van der Waals surface area contributed by atoms with Crippen molar-refractivity contribution >= 4 is 44.7 Å². The predicted molar refractivity (Wildman–Crippen MR) is 124 cm³/mol. The first kappa shape index (κ1) is 26.7. The molecule has 35 heavy (non-hydrogen) atoms. The number of anilines is 1. The third-order valence-corrected chi connectivity index (χ3v) is 7.02. The van der Waals surface area contributed by atoms with Gasteiger partial charge in [-0.25, -0.2) is 17.7 Å². The topological polar surface area (TPSA) is 85.8 Å². The van der Waals surface area contributed by atoms with Crippen LogP contribution in [-0.4, -0.2) is 40.1 Å². The SMILES string of the molecule is COCN(c1cc(Cl)cnc1C(=O)c1ccccc1OC)S(=O)(=O)c1ccc(Cl)c(C(F)(F)F)c1. The lowest BCUT2D eigenvalue weighted by molar-refractivity contribution is -0.137. The van der Waals surface area contributed by atoms with Gasteiger partial charge in [0.2, 0.25) is 5.78 Å². The highest BCUT2D eigenvalue weighted by Crippen LogP contribution is 2.38. The number of pyridine rings is 1. The smallest absolute Gasteiger partial charge is 0.417 e. The van der Waals surface area contributed by atoms with E-state index in [4.69, 9.17) is 32.7 Å². The molecule has 186 valence electrons. The molecule has 0 aliphatic rings. The van der Waals surface area contributed by atoms with E-state index in [0.717, 1.165) is 24.4 Å². The van der Waals surface area contributed by atoms with E-state index in [9.17, 15) is 26.4 Å². The molecule has 0 aliphatic heterocycles. The van der Waals surface area contributed by atoms with Gasteiger partial charge in [0.25, 0.3) is 10.0 Å². The third kappa shape index (κ3) is 5.53. The van der Waals surface area contributed by atoms with Crippen molar-refractivity contribution in [2.24, 2.45) is 0 Å². The van der Waals surface area contributed by atoms with E-state index < -0.39 is 44.2 Å². The zero-order chi connectivity index (χ0) is 26.0. The molecule has 0 saturated heterocycles. The fraction of sp³-hybridized carbons (Fsp3) is 0.182. The van der Waals surface area contributed by atoms with E-state index in [1.54, 1.807) is 12.1 Å². The number of ether oxygens (including phenoxy) is 2. The quantitative estimate of drug-likeness (QED) is 0.275. The van der Waals surface area contributed by atoms with Crippen LogP contribution in [0.15, 0.2) is 59.6 Å². The number of carbonyl (C=O) groups is 1. The van der Waals surface area contributed by atoms with Crippen LogP contribution in [0.25, 0.3) is 0 Å². The number of sulfonamides is 1. The molecule has 0 spiro atoms. The molecule has 0 bridgehead atoms. The van der Waals surface area contributed by atoms with Crippen LogP contribution in [-0.2, 0) is 20.9 Å². The molecule has 0 atom stereocenters. The lowest BCUT2D eigenvalue weighted by atomic mass is 10.1. The predicted octanol–water partition coefficient (Wildman–Crippen LogP) is 5.45. The Kier molecular flexibility index (Phi) is 7.95. The Morgan fingerprint density at radius 3 is 2.40 bits per heavy atom. The summed E-state index contributed by atoms with van der Waals surface area (Å²) in [5, 5.41) is -0.703. The molecule has 0 saturated carbocycles. The molecule has 0 fully saturated rings. The Hall–Kier alpha value is -2.86. The minimum absolute atomic E-state index is 0.0278. The lowest BCUT2D eigenvalue weighted by Crippen LogP contribution is -2.34. The number of benzene rings is 2. The number of hydrogen-bond donors (Lipinski definition) is 0. The van der Waals surface area contributed by atoms with Gasteiger partial charge in [-0.15, -0.1) is 0 Å². The van der Waals surface area contributed by atoms with Gasteiger partial charge in [-0.1, -0.05) is 35.3 Å². The van der Waals surface area contributed by atoms with Crippen LogP contribution < -0.4 is 9.04 Å². The minimum Gasteiger partial charge on any atom is -0.496 e. The molecule has 1 aromatic heterocycles. The molecule has 1 heterocycles. The molecule has 2 aromatic carbocycles. The van der Waals surface area contributed by atoms with E-state index in [1.807, 2.05) is 0 Å². The second kappa shape index (κ2) is 10.4. The first-order valence-corrected chi connectivity index (χ1v) is 11.8. The fourth-order valence-corrected chi connectivity index (χ4v) is 4.93. The molecular formula is C22H17Cl2F3N2O5S. The van der Waals surface area contributed by atoms with Gasteiger partial charge < -0.3 is 9.47 Å². The van der Waals surface area contributed by atoms with Crippen molar-refractivity contribution in [2.45, 2.75) is 11.1 Å². The van der Waals surface area contributed by atoms with Gasteiger partial charge in [0, 0.05) is 13.3 Å². The van der Waals surface area contributed by atoms with Gasteiger partial charge in [-0.3, -0.25) is 4.79 Å². The molecule has 7 nitrogen and oxygen atoms in total. The van der Waals surface area contributed by atoms with Gasteiger partial charge >= 0.3 is 6.18 Å². The highest BCUT2D eigenvalue weighted by molar-refractivity contribution is 7.92. The summed E-state index contributed by atoms with van der Waals surface area (Å²) in [5.74, 6) is -0.508. The monoisotopic (exact) mass is 548 g/mol. The number of methoxy groups -OCH3 is 2. The second-order valence-electron chi connectivity index (χ2n) is 6.96. The van der Waals surface area contributed by atoms with Crippen LogP contribution in [0.1, 0.15) is 21.6 Å². The van der Waals surface area contributed by atoms with E-state index in [2.05, 4.69) is 4.98 Å². The average Bonchev–Trinajstić information content (AvgIpc) is 2.81. The normalized spacial score (nSPS) is 11.9. The van der Waals surface area contributed by atoms with Crippen molar-refractivity contribution in [2.75, 3.05) is 25.3 Å². The Labute approximate surface area is 209 Å². The summed E-state index contributed by atoms with van der Waals surface area (Å²) in [4.78, 5) is 16.6. The van der Waals surface area contributed by atoms with Gasteiger partial charge in [0.15, 0.2) is 0 Å². The zero-order valence-electron chi connectivity index (χ0n) is 18.1. The largest absolute Gasteiger partial charge is 0.496 e. The molecule has 3 rings (SSSR count). The number of carbonyl (C=O) groups excluding carboxylic acids is 1. The summed E-state index contributed by atoms with van der Waals surface area (Å²) < 4.78 is 77.9. The van der Waals surface area contributed by atoms with Crippen LogP contribution in [0.4, 0.5) is 18.9 Å². The van der Waals surface area contributed by atoms with Crippen LogP contribution in [0, 0.1) is 0 Å². The molecule has 3 aromatic rings. The number of ketones is 1. The summed E-state index contributed by atoms with van der Waals surface area (Å²) >= 11 is 11.7. The molecule has 13 heteroatoms. The maximum atomic E-state index is 13.5. The highest BCUT2D eigenvalue weighted by Gasteiger charge is 2.36. The minimum atomic E-state index is -4.91. The Bertz CT molecular complexity index is 1370. The number of rotatable bonds is 8. The number of para-hydroxylation sites is 1. The Balaban J connectivity index is 2.22. The van der Waals surface area contributed by atoms with Crippen molar-refractivity contribution in [3.63, 3.8) is 0 Å². The number of halogens is 5.